The second-order valence-corrected chi connectivity index (χ2v) is 6.86. The van der Waals surface area contributed by atoms with E-state index in [4.69, 9.17) is 9.47 Å². The number of nitrogens with zero attached hydrogens (tertiary/aromatic N) is 2. The van der Waals surface area contributed by atoms with Gasteiger partial charge >= 0.3 is 0 Å². The zero-order valence-corrected chi connectivity index (χ0v) is 16.7. The summed E-state index contributed by atoms with van der Waals surface area (Å²) in [5.41, 5.74) is 1.79. The van der Waals surface area contributed by atoms with E-state index in [0.29, 0.717) is 31.9 Å². The highest BCUT2D eigenvalue weighted by atomic mass is 16.5. The van der Waals surface area contributed by atoms with Crippen molar-refractivity contribution >= 4 is 11.7 Å². The summed E-state index contributed by atoms with van der Waals surface area (Å²) in [6.07, 6.45) is 3.57. The number of carbonyl (C=O) groups is 1. The molecule has 6 nitrogen and oxygen atoms in total. The van der Waals surface area contributed by atoms with Crippen molar-refractivity contribution in [2.45, 2.75) is 32.7 Å². The monoisotopic (exact) mass is 383 g/mol. The number of hydrogen-bond acceptors (Lipinski definition) is 5. The molecule has 1 amide bonds. The van der Waals surface area contributed by atoms with E-state index in [9.17, 15) is 4.79 Å². The Balaban J connectivity index is 1.62. The van der Waals surface area contributed by atoms with Gasteiger partial charge in [0.2, 0.25) is 0 Å². The molecule has 2 heterocycles. The maximum absolute atomic E-state index is 12.5. The van der Waals surface area contributed by atoms with Crippen LogP contribution in [0.4, 0.5) is 5.82 Å². The highest BCUT2D eigenvalue weighted by Crippen LogP contribution is 2.24. The number of ether oxygens (including phenoxy) is 2. The first-order chi connectivity index (χ1) is 13.7. The minimum atomic E-state index is 0.0112. The summed E-state index contributed by atoms with van der Waals surface area (Å²) in [5.74, 6) is 1.67. The minimum absolute atomic E-state index is 0.0112. The van der Waals surface area contributed by atoms with E-state index in [-0.39, 0.29) is 11.9 Å². The van der Waals surface area contributed by atoms with E-state index >= 15 is 0 Å². The smallest absolute Gasteiger partial charge is 0.255 e. The molecule has 1 aromatic heterocycles. The first-order valence-electron chi connectivity index (χ1n) is 10.0. The molecule has 1 unspecified atom stereocenters. The van der Waals surface area contributed by atoms with E-state index in [2.05, 4.69) is 36.3 Å². The Hall–Kier alpha value is -2.60. The van der Waals surface area contributed by atoms with E-state index < -0.39 is 0 Å². The lowest BCUT2D eigenvalue weighted by molar-refractivity contribution is 0.0302. The Morgan fingerprint density at radius 2 is 1.93 bits per heavy atom. The molecule has 1 aliphatic heterocycles. The number of benzene rings is 1. The summed E-state index contributed by atoms with van der Waals surface area (Å²) in [6.45, 7) is 7.42. The highest BCUT2D eigenvalue weighted by molar-refractivity contribution is 5.94. The molecule has 0 radical (unpaired) electrons. The first kappa shape index (κ1) is 20.1. The third-order valence-electron chi connectivity index (χ3n) is 4.79. The summed E-state index contributed by atoms with van der Waals surface area (Å²) < 4.78 is 11.0. The van der Waals surface area contributed by atoms with Gasteiger partial charge in [0.15, 0.2) is 0 Å². The van der Waals surface area contributed by atoms with Crippen LogP contribution >= 0.6 is 0 Å². The third-order valence-corrected chi connectivity index (χ3v) is 4.79. The quantitative estimate of drug-likeness (QED) is 0.749. The molecule has 6 heteroatoms. The van der Waals surface area contributed by atoms with Gasteiger partial charge in [-0.15, -0.1) is 0 Å². The van der Waals surface area contributed by atoms with Crippen LogP contribution in [0.3, 0.4) is 0 Å². The molecule has 0 bridgehead atoms. The van der Waals surface area contributed by atoms with Crippen molar-refractivity contribution in [3.63, 3.8) is 0 Å². The predicted octanol–water partition coefficient (Wildman–Crippen LogP) is 3.91. The maximum atomic E-state index is 12.5. The summed E-state index contributed by atoms with van der Waals surface area (Å²) in [7, 11) is 0. The van der Waals surface area contributed by atoms with Gasteiger partial charge in [0.25, 0.3) is 5.91 Å². The normalized spacial score (nSPS) is 15.1. The number of amides is 1. The van der Waals surface area contributed by atoms with Crippen molar-refractivity contribution in [1.29, 1.82) is 0 Å². The van der Waals surface area contributed by atoms with E-state index in [0.717, 1.165) is 31.0 Å². The van der Waals surface area contributed by atoms with Gasteiger partial charge in [0.1, 0.15) is 11.6 Å². The van der Waals surface area contributed by atoms with Crippen molar-refractivity contribution < 1.29 is 14.3 Å². The fourth-order valence-corrected chi connectivity index (χ4v) is 3.17. The Labute approximate surface area is 166 Å². The van der Waals surface area contributed by atoms with Gasteiger partial charge in [0, 0.05) is 19.3 Å². The molecule has 0 spiro atoms. The van der Waals surface area contributed by atoms with Gasteiger partial charge in [0.05, 0.1) is 31.4 Å². The van der Waals surface area contributed by atoms with Gasteiger partial charge in [-0.3, -0.25) is 4.79 Å². The summed E-state index contributed by atoms with van der Waals surface area (Å²) in [5, 5.41) is 3.46. The number of carbonyl (C=O) groups excluding carboxylic acids is 1. The topological polar surface area (TPSA) is 63.7 Å². The van der Waals surface area contributed by atoms with Crippen molar-refractivity contribution in [3.8, 4) is 5.75 Å². The lowest BCUT2D eigenvalue weighted by Gasteiger charge is -2.26. The van der Waals surface area contributed by atoms with Crippen molar-refractivity contribution in [2.24, 2.45) is 0 Å². The molecule has 1 fully saturated rings. The first-order valence-corrected chi connectivity index (χ1v) is 10.0. The number of pyridine rings is 1. The van der Waals surface area contributed by atoms with Crippen LogP contribution in [0.2, 0.25) is 0 Å². The number of aromatic nitrogens is 1. The molecule has 1 aliphatic rings. The second-order valence-electron chi connectivity index (χ2n) is 6.86. The third kappa shape index (κ3) is 5.23. The van der Waals surface area contributed by atoms with Gasteiger partial charge < -0.3 is 19.7 Å². The predicted molar refractivity (Wildman–Crippen MR) is 110 cm³/mol. The summed E-state index contributed by atoms with van der Waals surface area (Å²) in [6, 6.07) is 12.0. The molecular weight excluding hydrogens is 354 g/mol. The fraction of sp³-hybridized carbons (Fsp3) is 0.455. The molecule has 150 valence electrons. The number of nitrogens with one attached hydrogen (secondary N) is 1. The summed E-state index contributed by atoms with van der Waals surface area (Å²) >= 11 is 0. The van der Waals surface area contributed by atoms with Crippen LogP contribution in [-0.4, -0.2) is 48.7 Å². The van der Waals surface area contributed by atoms with Crippen molar-refractivity contribution in [1.82, 2.24) is 9.88 Å². The molecular formula is C22H29N3O3. The van der Waals surface area contributed by atoms with Crippen LogP contribution < -0.4 is 10.1 Å². The molecule has 2 aromatic rings. The molecule has 1 aromatic carbocycles. The second kappa shape index (κ2) is 10.1. The maximum Gasteiger partial charge on any atom is 0.255 e. The van der Waals surface area contributed by atoms with Gasteiger partial charge in [-0.05, 0) is 42.7 Å². The molecule has 0 aliphatic carbocycles. The molecule has 1 atom stereocenters. The Bertz CT molecular complexity index is 741. The van der Waals surface area contributed by atoms with Crippen molar-refractivity contribution in [3.05, 3.63) is 53.7 Å². The van der Waals surface area contributed by atoms with Crippen molar-refractivity contribution in [2.75, 3.05) is 38.2 Å². The number of rotatable bonds is 8. The number of hydrogen-bond donors (Lipinski definition) is 1. The Morgan fingerprint density at radius 3 is 2.54 bits per heavy atom. The molecule has 0 saturated carbocycles. The standard InChI is InChI=1S/C22H29N3O3/c1-3-13-28-19-8-5-17(6-9-19)20(4-2)24-21-10-7-18(16-23-21)22(26)25-11-14-27-15-12-25/h5-10,16,20H,3-4,11-15H2,1-2H3,(H,23,24). The van der Waals surface area contributed by atoms with Gasteiger partial charge in [-0.2, -0.15) is 0 Å². The summed E-state index contributed by atoms with van der Waals surface area (Å²) in [4.78, 5) is 18.8. The number of anilines is 1. The van der Waals surface area contributed by atoms with E-state index in [1.807, 2.05) is 29.2 Å². The zero-order valence-electron chi connectivity index (χ0n) is 16.7. The number of morpholine rings is 1. The van der Waals surface area contributed by atoms with Crippen LogP contribution in [0.15, 0.2) is 42.6 Å². The molecule has 3 rings (SSSR count). The van der Waals surface area contributed by atoms with Crippen LogP contribution in [0, 0.1) is 0 Å². The van der Waals surface area contributed by atoms with E-state index in [1.54, 1.807) is 6.20 Å². The SMILES string of the molecule is CCCOc1ccc(C(CC)Nc2ccc(C(=O)N3CCOCC3)cn2)cc1. The fourth-order valence-electron chi connectivity index (χ4n) is 3.17. The molecule has 28 heavy (non-hydrogen) atoms. The zero-order chi connectivity index (χ0) is 19.8. The highest BCUT2D eigenvalue weighted by Gasteiger charge is 2.19. The Kier molecular flexibility index (Phi) is 7.25. The average Bonchev–Trinajstić information content (AvgIpc) is 2.77. The van der Waals surface area contributed by atoms with Crippen LogP contribution in [-0.2, 0) is 4.74 Å². The van der Waals surface area contributed by atoms with Gasteiger partial charge in [-0.1, -0.05) is 26.0 Å². The lowest BCUT2D eigenvalue weighted by atomic mass is 10.0. The largest absolute Gasteiger partial charge is 0.494 e. The van der Waals surface area contributed by atoms with Crippen LogP contribution in [0.1, 0.15) is 48.7 Å². The Morgan fingerprint density at radius 1 is 1.18 bits per heavy atom. The minimum Gasteiger partial charge on any atom is -0.494 e. The van der Waals surface area contributed by atoms with Crippen LogP contribution in [0.25, 0.3) is 0 Å². The van der Waals surface area contributed by atoms with E-state index in [1.165, 1.54) is 5.56 Å². The van der Waals surface area contributed by atoms with Gasteiger partial charge in [-0.25, -0.2) is 4.98 Å². The molecule has 1 saturated heterocycles. The lowest BCUT2D eigenvalue weighted by Crippen LogP contribution is -2.40. The average molecular weight is 383 g/mol. The molecule has 1 N–H and O–H groups in total. The van der Waals surface area contributed by atoms with Crippen LogP contribution in [0.5, 0.6) is 5.75 Å².